The molecule has 0 saturated carbocycles. The molecule has 0 spiro atoms. The Morgan fingerprint density at radius 3 is 2.55 bits per heavy atom. The van der Waals surface area contributed by atoms with Gasteiger partial charge in [0.2, 0.25) is 6.10 Å². The lowest BCUT2D eigenvalue weighted by molar-refractivity contribution is -0.147. The van der Waals surface area contributed by atoms with E-state index in [0.29, 0.717) is 17.7 Å². The van der Waals surface area contributed by atoms with Crippen molar-refractivity contribution >= 4 is 17.9 Å². The summed E-state index contributed by atoms with van der Waals surface area (Å²) in [6, 6.07) is 0. The topological polar surface area (TPSA) is 94.7 Å². The Hall–Kier alpha value is -2.31. The zero-order chi connectivity index (χ0) is 16.4. The molecule has 1 fully saturated rings. The second-order valence-electron chi connectivity index (χ2n) is 5.22. The third-order valence-corrected chi connectivity index (χ3v) is 3.50. The Morgan fingerprint density at radius 1 is 1.32 bits per heavy atom. The summed E-state index contributed by atoms with van der Waals surface area (Å²) in [4.78, 5) is 38.5. The smallest absolute Gasteiger partial charge is 0.355 e. The summed E-state index contributed by atoms with van der Waals surface area (Å²) in [6.45, 7) is 6.95. The van der Waals surface area contributed by atoms with Crippen molar-refractivity contribution in [3.8, 4) is 0 Å². The first-order chi connectivity index (χ1) is 10.3. The van der Waals surface area contributed by atoms with Crippen LogP contribution in [-0.2, 0) is 19.0 Å². The Labute approximate surface area is 127 Å². The number of esters is 3. The number of rotatable bonds is 4. The molecule has 1 N–H and O–H groups in total. The molecule has 0 radical (unpaired) electrons. The van der Waals surface area contributed by atoms with E-state index in [1.165, 1.54) is 0 Å². The highest BCUT2D eigenvalue weighted by atomic mass is 16.6. The van der Waals surface area contributed by atoms with Crippen molar-refractivity contribution in [3.05, 3.63) is 22.5 Å². The molecule has 120 valence electrons. The minimum Gasteiger partial charge on any atom is -0.461 e. The van der Waals surface area contributed by atoms with Crippen molar-refractivity contribution in [3.63, 3.8) is 0 Å². The molecule has 2 rings (SSSR count). The summed E-state index contributed by atoms with van der Waals surface area (Å²) < 4.78 is 15.1. The van der Waals surface area contributed by atoms with Crippen LogP contribution < -0.4 is 0 Å². The van der Waals surface area contributed by atoms with Crippen LogP contribution in [-0.4, -0.2) is 41.7 Å². The van der Waals surface area contributed by atoms with Gasteiger partial charge < -0.3 is 19.2 Å². The fraction of sp³-hybridized carbons (Fsp3) is 0.533. The van der Waals surface area contributed by atoms with Gasteiger partial charge in [0.1, 0.15) is 11.8 Å². The van der Waals surface area contributed by atoms with E-state index in [4.69, 9.17) is 14.2 Å². The minimum absolute atomic E-state index is 0.216. The molecule has 0 amide bonds. The molecule has 7 heteroatoms. The van der Waals surface area contributed by atoms with Crippen LogP contribution in [0.15, 0.2) is 0 Å². The average molecular weight is 309 g/mol. The Morgan fingerprint density at radius 2 is 2.00 bits per heavy atom. The maximum atomic E-state index is 12.3. The lowest BCUT2D eigenvalue weighted by atomic mass is 10.1. The average Bonchev–Trinajstić information content (AvgIpc) is 2.89. The Bertz CT molecular complexity index is 618. The maximum Gasteiger partial charge on any atom is 0.355 e. The van der Waals surface area contributed by atoms with Crippen molar-refractivity contribution in [2.75, 3.05) is 6.61 Å². The van der Waals surface area contributed by atoms with Gasteiger partial charge in [-0.05, 0) is 33.3 Å². The second-order valence-corrected chi connectivity index (χ2v) is 5.22. The molecule has 1 aliphatic heterocycles. The van der Waals surface area contributed by atoms with Crippen LogP contribution in [0.4, 0.5) is 0 Å². The molecule has 22 heavy (non-hydrogen) atoms. The summed E-state index contributed by atoms with van der Waals surface area (Å²) in [5, 5.41) is 0. The van der Waals surface area contributed by atoms with E-state index in [9.17, 15) is 14.4 Å². The monoisotopic (exact) mass is 309 g/mol. The van der Waals surface area contributed by atoms with Crippen LogP contribution in [0.1, 0.15) is 52.4 Å². The first kappa shape index (κ1) is 16.1. The molecule has 2 heterocycles. The van der Waals surface area contributed by atoms with Crippen LogP contribution in [0.3, 0.4) is 0 Å². The SMILES string of the molecule is CCOC(=O)c1[nH]c(C)c(C(=O)O[C@@H]2C[C@@H](C)OC2=O)c1C. The second kappa shape index (κ2) is 6.21. The van der Waals surface area contributed by atoms with Gasteiger partial charge in [0, 0.05) is 12.1 Å². The number of nitrogens with one attached hydrogen (secondary N) is 1. The lowest BCUT2D eigenvalue weighted by Gasteiger charge is -2.09. The fourth-order valence-electron chi connectivity index (χ4n) is 2.47. The Kier molecular flexibility index (Phi) is 4.54. The molecule has 0 aromatic carbocycles. The number of carbonyl (C=O) groups excluding carboxylic acids is 3. The van der Waals surface area contributed by atoms with Gasteiger partial charge in [-0.3, -0.25) is 0 Å². The normalized spacial score (nSPS) is 20.6. The van der Waals surface area contributed by atoms with Crippen molar-refractivity contribution in [2.24, 2.45) is 0 Å². The van der Waals surface area contributed by atoms with E-state index < -0.39 is 24.0 Å². The summed E-state index contributed by atoms with van der Waals surface area (Å²) in [7, 11) is 0. The molecule has 0 unspecified atom stereocenters. The molecular formula is C15H19NO6. The first-order valence-corrected chi connectivity index (χ1v) is 7.12. The lowest BCUT2D eigenvalue weighted by Crippen LogP contribution is -2.23. The van der Waals surface area contributed by atoms with Gasteiger partial charge in [-0.1, -0.05) is 0 Å². The maximum absolute atomic E-state index is 12.3. The van der Waals surface area contributed by atoms with Gasteiger partial charge >= 0.3 is 17.9 Å². The highest BCUT2D eigenvalue weighted by Gasteiger charge is 2.36. The fourth-order valence-corrected chi connectivity index (χ4v) is 2.47. The summed E-state index contributed by atoms with van der Waals surface area (Å²) in [6.07, 6.45) is -0.839. The van der Waals surface area contributed by atoms with Gasteiger partial charge in [0.25, 0.3) is 0 Å². The van der Waals surface area contributed by atoms with Crippen LogP contribution in [0.25, 0.3) is 0 Å². The predicted molar refractivity (Wildman–Crippen MR) is 75.6 cm³/mol. The number of ether oxygens (including phenoxy) is 3. The van der Waals surface area contributed by atoms with Gasteiger partial charge in [0.05, 0.1) is 12.2 Å². The van der Waals surface area contributed by atoms with Crippen LogP contribution in [0.2, 0.25) is 0 Å². The molecule has 1 saturated heterocycles. The Balaban J connectivity index is 2.20. The van der Waals surface area contributed by atoms with Crippen molar-refractivity contribution in [1.82, 2.24) is 4.98 Å². The highest BCUT2D eigenvalue weighted by molar-refractivity contribution is 5.99. The largest absolute Gasteiger partial charge is 0.461 e. The van der Waals surface area contributed by atoms with E-state index in [1.807, 2.05) is 0 Å². The molecule has 1 aliphatic rings. The third-order valence-electron chi connectivity index (χ3n) is 3.50. The first-order valence-electron chi connectivity index (χ1n) is 7.12. The van der Waals surface area contributed by atoms with Crippen molar-refractivity contribution in [2.45, 2.75) is 46.3 Å². The molecule has 2 atom stereocenters. The number of cyclic esters (lactones) is 1. The summed E-state index contributed by atoms with van der Waals surface area (Å²) >= 11 is 0. The van der Waals surface area contributed by atoms with Crippen molar-refractivity contribution in [1.29, 1.82) is 0 Å². The summed E-state index contributed by atoms with van der Waals surface area (Å²) in [5.74, 6) is -1.73. The number of aromatic amines is 1. The van der Waals surface area contributed by atoms with E-state index in [1.54, 1.807) is 27.7 Å². The molecule has 1 aromatic heterocycles. The predicted octanol–water partition coefficient (Wildman–Crippen LogP) is 1.67. The van der Waals surface area contributed by atoms with E-state index in [2.05, 4.69) is 4.98 Å². The number of aryl methyl sites for hydroxylation is 1. The van der Waals surface area contributed by atoms with Crippen molar-refractivity contribution < 1.29 is 28.6 Å². The molecule has 0 bridgehead atoms. The number of H-pyrrole nitrogens is 1. The summed E-state index contributed by atoms with van der Waals surface area (Å²) in [5.41, 5.74) is 1.40. The number of carbonyl (C=O) groups is 3. The van der Waals surface area contributed by atoms with Gasteiger partial charge in [-0.2, -0.15) is 0 Å². The van der Waals surface area contributed by atoms with Gasteiger partial charge in [0.15, 0.2) is 0 Å². The zero-order valence-corrected chi connectivity index (χ0v) is 13.0. The van der Waals surface area contributed by atoms with Crippen LogP contribution in [0, 0.1) is 13.8 Å². The van der Waals surface area contributed by atoms with Crippen LogP contribution in [0.5, 0.6) is 0 Å². The molecule has 1 aromatic rings. The highest BCUT2D eigenvalue weighted by Crippen LogP contribution is 2.23. The molecular weight excluding hydrogens is 290 g/mol. The van der Waals surface area contributed by atoms with Gasteiger partial charge in [-0.15, -0.1) is 0 Å². The molecule has 7 nitrogen and oxygen atoms in total. The zero-order valence-electron chi connectivity index (χ0n) is 13.0. The number of hydrogen-bond donors (Lipinski definition) is 1. The van der Waals surface area contributed by atoms with E-state index in [0.717, 1.165) is 0 Å². The quantitative estimate of drug-likeness (QED) is 0.671. The molecule has 0 aliphatic carbocycles. The van der Waals surface area contributed by atoms with E-state index >= 15 is 0 Å². The third kappa shape index (κ3) is 2.98. The minimum atomic E-state index is -0.901. The van der Waals surface area contributed by atoms with Crippen LogP contribution >= 0.6 is 0 Å². The number of aromatic nitrogens is 1. The van der Waals surface area contributed by atoms with E-state index in [-0.39, 0.29) is 24.0 Å². The standard InChI is InChI=1S/C15H19NO6/c1-5-20-15(19)12-8(3)11(9(4)16-12)14(18)22-10-6-7(2)21-13(10)17/h7,10,16H,5-6H2,1-4H3/t7-,10-/m1/s1. The van der Waals surface area contributed by atoms with Gasteiger partial charge in [-0.25, -0.2) is 14.4 Å². The number of hydrogen-bond acceptors (Lipinski definition) is 6.